The van der Waals surface area contributed by atoms with Gasteiger partial charge in [-0.25, -0.2) is 0 Å². The molecule has 2 aromatic rings. The van der Waals surface area contributed by atoms with Crippen molar-refractivity contribution in [1.29, 1.82) is 0 Å². The van der Waals surface area contributed by atoms with Gasteiger partial charge in [0.1, 0.15) is 17.2 Å². The number of phenolic OH excluding ortho intramolecular Hbond substituents is 1. The van der Waals surface area contributed by atoms with Gasteiger partial charge in [0.25, 0.3) is 0 Å². The second-order valence-corrected chi connectivity index (χ2v) is 7.96. The summed E-state index contributed by atoms with van der Waals surface area (Å²) in [6, 6.07) is 11.0. The molecular formula is C24H31NO5. The van der Waals surface area contributed by atoms with E-state index in [9.17, 15) is 9.90 Å². The lowest BCUT2D eigenvalue weighted by Gasteiger charge is -2.35. The molecule has 0 radical (unpaired) electrons. The van der Waals surface area contributed by atoms with Crippen LogP contribution in [0, 0.1) is 5.92 Å². The molecule has 0 amide bonds. The summed E-state index contributed by atoms with van der Waals surface area (Å²) in [6.07, 6.45) is 2.33. The van der Waals surface area contributed by atoms with E-state index in [2.05, 4.69) is 0 Å². The van der Waals surface area contributed by atoms with E-state index in [0.29, 0.717) is 23.5 Å². The zero-order chi connectivity index (χ0) is 21.8. The van der Waals surface area contributed by atoms with Gasteiger partial charge in [-0.1, -0.05) is 6.07 Å². The Hall–Kier alpha value is -2.73. The lowest BCUT2D eigenvalue weighted by molar-refractivity contribution is 0.0388. The molecule has 0 saturated heterocycles. The van der Waals surface area contributed by atoms with Crippen LogP contribution in [0.2, 0.25) is 0 Å². The van der Waals surface area contributed by atoms with Crippen LogP contribution in [-0.4, -0.2) is 52.4 Å². The molecule has 162 valence electrons. The van der Waals surface area contributed by atoms with Crippen molar-refractivity contribution in [3.8, 4) is 17.2 Å². The fourth-order valence-corrected chi connectivity index (χ4v) is 4.39. The van der Waals surface area contributed by atoms with Gasteiger partial charge in [0.05, 0.1) is 31.6 Å². The van der Waals surface area contributed by atoms with E-state index in [1.54, 1.807) is 45.6 Å². The van der Waals surface area contributed by atoms with Crippen LogP contribution in [-0.2, 0) is 4.74 Å². The normalized spacial score (nSPS) is 21.2. The number of anilines is 1. The molecule has 0 aliphatic heterocycles. The van der Waals surface area contributed by atoms with E-state index >= 15 is 0 Å². The van der Waals surface area contributed by atoms with Crippen LogP contribution in [0.25, 0.3) is 0 Å². The lowest BCUT2D eigenvalue weighted by atomic mass is 9.71. The van der Waals surface area contributed by atoms with Crippen LogP contribution in [0.5, 0.6) is 17.2 Å². The molecule has 0 spiro atoms. The number of benzene rings is 2. The average molecular weight is 414 g/mol. The number of carbonyl (C=O) groups is 1. The Morgan fingerprint density at radius 2 is 1.80 bits per heavy atom. The molecule has 1 fully saturated rings. The van der Waals surface area contributed by atoms with E-state index in [4.69, 9.17) is 14.2 Å². The molecule has 6 nitrogen and oxygen atoms in total. The Labute approximate surface area is 178 Å². The summed E-state index contributed by atoms with van der Waals surface area (Å²) in [5.41, 5.74) is 2.23. The van der Waals surface area contributed by atoms with Crippen LogP contribution < -0.4 is 14.4 Å². The van der Waals surface area contributed by atoms with Crippen molar-refractivity contribution in [3.63, 3.8) is 0 Å². The number of methoxy groups -OCH3 is 3. The first kappa shape index (κ1) is 22.0. The molecule has 3 unspecified atom stereocenters. The van der Waals surface area contributed by atoms with E-state index in [-0.39, 0.29) is 29.5 Å². The predicted octanol–water partition coefficient (Wildman–Crippen LogP) is 4.26. The third-order valence-corrected chi connectivity index (χ3v) is 6.05. The Morgan fingerprint density at radius 3 is 2.40 bits per heavy atom. The fourth-order valence-electron chi connectivity index (χ4n) is 4.39. The minimum Gasteiger partial charge on any atom is -0.506 e. The van der Waals surface area contributed by atoms with Crippen LogP contribution in [0.15, 0.2) is 36.4 Å². The molecule has 1 N–H and O–H groups in total. The van der Waals surface area contributed by atoms with Crippen molar-refractivity contribution in [2.45, 2.75) is 31.3 Å². The lowest BCUT2D eigenvalue weighted by Crippen LogP contribution is -2.33. The minimum absolute atomic E-state index is 0.00803. The molecule has 6 heteroatoms. The van der Waals surface area contributed by atoms with Crippen molar-refractivity contribution < 1.29 is 24.1 Å². The second-order valence-electron chi connectivity index (χ2n) is 7.96. The number of Topliss-reactive ketones (excluding diaryl/α,β-unsaturated/α-hetero) is 1. The average Bonchev–Trinajstić information content (AvgIpc) is 2.77. The topological polar surface area (TPSA) is 68.2 Å². The molecule has 0 aromatic heterocycles. The summed E-state index contributed by atoms with van der Waals surface area (Å²) < 4.78 is 16.4. The van der Waals surface area contributed by atoms with Crippen LogP contribution >= 0.6 is 0 Å². The summed E-state index contributed by atoms with van der Waals surface area (Å²) in [6.45, 7) is 0. The number of carbonyl (C=O) groups excluding carboxylic acids is 1. The predicted molar refractivity (Wildman–Crippen MR) is 117 cm³/mol. The van der Waals surface area contributed by atoms with Gasteiger partial charge in [-0.2, -0.15) is 0 Å². The Morgan fingerprint density at radius 1 is 1.03 bits per heavy atom. The summed E-state index contributed by atoms with van der Waals surface area (Å²) in [7, 11) is 8.61. The monoisotopic (exact) mass is 413 g/mol. The van der Waals surface area contributed by atoms with E-state index in [1.165, 1.54) is 0 Å². The molecule has 2 aromatic carbocycles. The summed E-state index contributed by atoms with van der Waals surface area (Å²) in [5.74, 6) is 1.08. The second kappa shape index (κ2) is 9.39. The SMILES string of the molecule is COc1ccc(OC)c(C(=O)C2CC(OC)CCC2c2ccc(N(C)C)c(O)c2)c1. The number of phenols is 1. The Bertz CT molecular complexity index is 895. The molecule has 0 heterocycles. The zero-order valence-electron chi connectivity index (χ0n) is 18.3. The van der Waals surface area contributed by atoms with E-state index < -0.39 is 0 Å². The molecule has 30 heavy (non-hydrogen) atoms. The number of aromatic hydroxyl groups is 1. The van der Waals surface area contributed by atoms with Crippen molar-refractivity contribution in [1.82, 2.24) is 0 Å². The van der Waals surface area contributed by atoms with Gasteiger partial charge in [-0.05, 0) is 61.1 Å². The van der Waals surface area contributed by atoms with Gasteiger partial charge in [0.15, 0.2) is 5.78 Å². The highest BCUT2D eigenvalue weighted by molar-refractivity contribution is 6.01. The molecular weight excluding hydrogens is 382 g/mol. The highest BCUT2D eigenvalue weighted by atomic mass is 16.5. The molecule has 1 aliphatic carbocycles. The highest BCUT2D eigenvalue weighted by Gasteiger charge is 2.38. The third kappa shape index (κ3) is 4.38. The quantitative estimate of drug-likeness (QED) is 0.684. The first-order valence-electron chi connectivity index (χ1n) is 10.2. The molecule has 0 bridgehead atoms. The smallest absolute Gasteiger partial charge is 0.170 e. The number of ketones is 1. The standard InChI is InChI=1S/C24H31NO5/c1-25(2)21-10-6-15(12-22(21)26)18-9-7-16(28-3)13-19(18)24(27)20-14-17(29-4)8-11-23(20)30-5/h6,8,10-12,14,16,18-19,26H,7,9,13H2,1-5H3. The number of hydrogen-bond donors (Lipinski definition) is 1. The molecule has 3 rings (SSSR count). The molecule has 1 saturated carbocycles. The maximum Gasteiger partial charge on any atom is 0.170 e. The van der Waals surface area contributed by atoms with Gasteiger partial charge < -0.3 is 24.2 Å². The maximum absolute atomic E-state index is 13.7. The third-order valence-electron chi connectivity index (χ3n) is 6.05. The van der Waals surface area contributed by atoms with Crippen LogP contribution in [0.1, 0.15) is 41.1 Å². The maximum atomic E-state index is 13.7. The first-order valence-corrected chi connectivity index (χ1v) is 10.2. The van der Waals surface area contributed by atoms with Gasteiger partial charge in [0.2, 0.25) is 0 Å². The van der Waals surface area contributed by atoms with Crippen molar-refractivity contribution in [2.75, 3.05) is 40.3 Å². The van der Waals surface area contributed by atoms with E-state index in [0.717, 1.165) is 24.1 Å². The zero-order valence-corrected chi connectivity index (χ0v) is 18.3. The first-order chi connectivity index (χ1) is 14.4. The summed E-state index contributed by atoms with van der Waals surface area (Å²) in [4.78, 5) is 15.6. The minimum atomic E-state index is -0.283. The van der Waals surface area contributed by atoms with Gasteiger partial charge in [-0.15, -0.1) is 0 Å². The molecule has 3 atom stereocenters. The number of hydrogen-bond acceptors (Lipinski definition) is 6. The molecule has 1 aliphatic rings. The largest absolute Gasteiger partial charge is 0.506 e. The number of ether oxygens (including phenoxy) is 3. The number of nitrogens with zero attached hydrogens (tertiary/aromatic N) is 1. The Balaban J connectivity index is 2.00. The van der Waals surface area contributed by atoms with Crippen molar-refractivity contribution in [2.24, 2.45) is 5.92 Å². The Kier molecular flexibility index (Phi) is 6.87. The van der Waals surface area contributed by atoms with Crippen LogP contribution in [0.4, 0.5) is 5.69 Å². The van der Waals surface area contributed by atoms with Gasteiger partial charge in [0, 0.05) is 27.1 Å². The van der Waals surface area contributed by atoms with E-state index in [1.807, 2.05) is 31.1 Å². The fraction of sp³-hybridized carbons (Fsp3) is 0.458. The van der Waals surface area contributed by atoms with Gasteiger partial charge in [-0.3, -0.25) is 4.79 Å². The number of rotatable bonds is 7. The van der Waals surface area contributed by atoms with Gasteiger partial charge >= 0.3 is 0 Å². The summed E-state index contributed by atoms with van der Waals surface area (Å²) >= 11 is 0. The van der Waals surface area contributed by atoms with Crippen molar-refractivity contribution in [3.05, 3.63) is 47.5 Å². The van der Waals surface area contributed by atoms with Crippen LogP contribution in [0.3, 0.4) is 0 Å². The highest BCUT2D eigenvalue weighted by Crippen LogP contribution is 2.43. The van der Waals surface area contributed by atoms with Crippen molar-refractivity contribution >= 4 is 11.5 Å². The summed E-state index contributed by atoms with van der Waals surface area (Å²) in [5, 5.41) is 10.5.